The smallest absolute Gasteiger partial charge is 0.229 e. The third-order valence-corrected chi connectivity index (χ3v) is 5.85. The molecule has 0 aromatic heterocycles. The van der Waals surface area contributed by atoms with Crippen LogP contribution in [-0.2, 0) is 14.3 Å². The standard InChI is InChI=1S/C17H28N2O3/c1-13-12-14(13)15(20)18-7-3-4-17(5-8-18)6-9-19(16(17)21)10-11-22-2/h13-14H,3-12H2,1-2H3. The molecule has 1 spiro atoms. The first kappa shape index (κ1) is 15.8. The van der Waals surface area contributed by atoms with Crippen molar-refractivity contribution in [2.24, 2.45) is 17.3 Å². The van der Waals surface area contributed by atoms with Crippen LogP contribution in [0.3, 0.4) is 0 Å². The van der Waals surface area contributed by atoms with Gasteiger partial charge in [0.05, 0.1) is 12.0 Å². The van der Waals surface area contributed by atoms with Gasteiger partial charge in [0.15, 0.2) is 0 Å². The van der Waals surface area contributed by atoms with Crippen LogP contribution >= 0.6 is 0 Å². The summed E-state index contributed by atoms with van der Waals surface area (Å²) >= 11 is 0. The van der Waals surface area contributed by atoms with Crippen molar-refractivity contribution in [1.29, 1.82) is 0 Å². The van der Waals surface area contributed by atoms with Gasteiger partial charge in [-0.1, -0.05) is 6.92 Å². The fourth-order valence-electron chi connectivity index (χ4n) is 4.09. The summed E-state index contributed by atoms with van der Waals surface area (Å²) in [4.78, 5) is 29.2. The van der Waals surface area contributed by atoms with Crippen LogP contribution in [0.2, 0.25) is 0 Å². The van der Waals surface area contributed by atoms with Crippen molar-refractivity contribution in [3.63, 3.8) is 0 Å². The number of hydrogen-bond acceptors (Lipinski definition) is 3. The van der Waals surface area contributed by atoms with Crippen LogP contribution in [-0.4, -0.2) is 61.5 Å². The zero-order valence-electron chi connectivity index (χ0n) is 13.8. The first-order chi connectivity index (χ1) is 10.6. The van der Waals surface area contributed by atoms with Crippen molar-refractivity contribution in [2.75, 3.05) is 39.9 Å². The molecule has 3 fully saturated rings. The molecule has 0 aromatic rings. The van der Waals surface area contributed by atoms with Gasteiger partial charge in [0.25, 0.3) is 0 Å². The van der Waals surface area contributed by atoms with Gasteiger partial charge in [-0.25, -0.2) is 0 Å². The SMILES string of the molecule is COCCN1CCC2(CCCN(C(=O)C3CC3C)CC2)C1=O. The molecule has 3 rings (SSSR count). The third-order valence-electron chi connectivity index (χ3n) is 5.85. The van der Waals surface area contributed by atoms with Gasteiger partial charge in [0.2, 0.25) is 11.8 Å². The highest BCUT2D eigenvalue weighted by Crippen LogP contribution is 2.43. The highest BCUT2D eigenvalue weighted by atomic mass is 16.5. The van der Waals surface area contributed by atoms with E-state index < -0.39 is 0 Å². The van der Waals surface area contributed by atoms with E-state index in [0.717, 1.165) is 51.7 Å². The molecule has 3 unspecified atom stereocenters. The highest BCUT2D eigenvalue weighted by molar-refractivity contribution is 5.85. The van der Waals surface area contributed by atoms with E-state index in [-0.39, 0.29) is 11.3 Å². The summed E-state index contributed by atoms with van der Waals surface area (Å²) in [5.41, 5.74) is -0.210. The number of ether oxygens (including phenoxy) is 1. The summed E-state index contributed by atoms with van der Waals surface area (Å²) in [6, 6.07) is 0. The minimum absolute atomic E-state index is 0.210. The van der Waals surface area contributed by atoms with Gasteiger partial charge in [0.1, 0.15) is 0 Å². The van der Waals surface area contributed by atoms with Gasteiger partial charge in [-0.15, -0.1) is 0 Å². The Morgan fingerprint density at radius 1 is 1.27 bits per heavy atom. The Balaban J connectivity index is 1.60. The zero-order chi connectivity index (χ0) is 15.7. The van der Waals surface area contributed by atoms with Crippen LogP contribution in [0.15, 0.2) is 0 Å². The number of amides is 2. The lowest BCUT2D eigenvalue weighted by Gasteiger charge is -2.26. The van der Waals surface area contributed by atoms with Gasteiger partial charge < -0.3 is 14.5 Å². The molecule has 2 aliphatic heterocycles. The molecule has 22 heavy (non-hydrogen) atoms. The van der Waals surface area contributed by atoms with Crippen molar-refractivity contribution in [3.8, 4) is 0 Å². The fraction of sp³-hybridized carbons (Fsp3) is 0.882. The van der Waals surface area contributed by atoms with E-state index in [0.29, 0.717) is 30.9 Å². The Bertz CT molecular complexity index is 453. The van der Waals surface area contributed by atoms with Crippen molar-refractivity contribution in [1.82, 2.24) is 9.80 Å². The lowest BCUT2D eigenvalue weighted by Crippen LogP contribution is -2.38. The molecule has 3 aliphatic rings. The second-order valence-electron chi connectivity index (χ2n) is 7.31. The van der Waals surface area contributed by atoms with Crippen LogP contribution in [0.4, 0.5) is 0 Å². The minimum Gasteiger partial charge on any atom is -0.383 e. The molecule has 2 saturated heterocycles. The average Bonchev–Trinajstić information content (AvgIpc) is 3.21. The zero-order valence-corrected chi connectivity index (χ0v) is 13.8. The van der Waals surface area contributed by atoms with Crippen molar-refractivity contribution in [3.05, 3.63) is 0 Å². The molecular formula is C17H28N2O3. The maximum atomic E-state index is 12.8. The predicted molar refractivity (Wildman–Crippen MR) is 83.2 cm³/mol. The molecule has 0 N–H and O–H groups in total. The number of carbonyl (C=O) groups excluding carboxylic acids is 2. The van der Waals surface area contributed by atoms with Crippen LogP contribution in [0.5, 0.6) is 0 Å². The second-order valence-corrected chi connectivity index (χ2v) is 7.31. The molecule has 0 radical (unpaired) electrons. The van der Waals surface area contributed by atoms with Crippen LogP contribution in [0, 0.1) is 17.3 Å². The number of likely N-dealkylation sites (tertiary alicyclic amines) is 2. The predicted octanol–water partition coefficient (Wildman–Crippen LogP) is 1.52. The Kier molecular flexibility index (Phi) is 4.44. The monoisotopic (exact) mass is 308 g/mol. The number of methoxy groups -OCH3 is 1. The molecule has 124 valence electrons. The molecular weight excluding hydrogens is 280 g/mol. The average molecular weight is 308 g/mol. The lowest BCUT2D eigenvalue weighted by molar-refractivity contribution is -0.138. The molecule has 0 aromatic carbocycles. The topological polar surface area (TPSA) is 49.9 Å². The number of carbonyl (C=O) groups is 2. The first-order valence-corrected chi connectivity index (χ1v) is 8.64. The maximum Gasteiger partial charge on any atom is 0.229 e. The molecule has 5 nitrogen and oxygen atoms in total. The third kappa shape index (κ3) is 2.87. The van der Waals surface area contributed by atoms with E-state index in [1.165, 1.54) is 0 Å². The summed E-state index contributed by atoms with van der Waals surface area (Å²) < 4.78 is 5.10. The summed E-state index contributed by atoms with van der Waals surface area (Å²) in [5, 5.41) is 0. The molecule has 0 bridgehead atoms. The van der Waals surface area contributed by atoms with Crippen molar-refractivity contribution >= 4 is 11.8 Å². The van der Waals surface area contributed by atoms with E-state index in [2.05, 4.69) is 6.92 Å². The molecule has 3 atom stereocenters. The molecule has 1 saturated carbocycles. The van der Waals surface area contributed by atoms with Gasteiger partial charge in [-0.05, 0) is 38.0 Å². The van der Waals surface area contributed by atoms with Crippen LogP contribution in [0.1, 0.15) is 39.0 Å². The van der Waals surface area contributed by atoms with Crippen LogP contribution in [0.25, 0.3) is 0 Å². The largest absolute Gasteiger partial charge is 0.383 e. The first-order valence-electron chi connectivity index (χ1n) is 8.64. The summed E-state index contributed by atoms with van der Waals surface area (Å²) in [7, 11) is 1.67. The van der Waals surface area contributed by atoms with Gasteiger partial charge in [0, 0.05) is 39.2 Å². The molecule has 2 heterocycles. The number of hydrogen-bond donors (Lipinski definition) is 0. The fourth-order valence-corrected chi connectivity index (χ4v) is 4.09. The van der Waals surface area contributed by atoms with E-state index >= 15 is 0 Å². The second kappa shape index (κ2) is 6.19. The lowest BCUT2D eigenvalue weighted by atomic mass is 9.79. The van der Waals surface area contributed by atoms with Crippen LogP contribution < -0.4 is 0 Å². The van der Waals surface area contributed by atoms with E-state index in [4.69, 9.17) is 4.74 Å². The Labute approximate surface area is 133 Å². The van der Waals surface area contributed by atoms with Gasteiger partial charge >= 0.3 is 0 Å². The Morgan fingerprint density at radius 2 is 2.00 bits per heavy atom. The summed E-state index contributed by atoms with van der Waals surface area (Å²) in [6.07, 6.45) is 4.71. The summed E-state index contributed by atoms with van der Waals surface area (Å²) in [6.45, 7) is 5.87. The van der Waals surface area contributed by atoms with E-state index in [9.17, 15) is 9.59 Å². The van der Waals surface area contributed by atoms with E-state index in [1.54, 1.807) is 7.11 Å². The number of nitrogens with zero attached hydrogens (tertiary/aromatic N) is 2. The Morgan fingerprint density at radius 3 is 2.68 bits per heavy atom. The minimum atomic E-state index is -0.210. The normalized spacial score (nSPS) is 35.1. The highest BCUT2D eigenvalue weighted by Gasteiger charge is 2.48. The summed E-state index contributed by atoms with van der Waals surface area (Å²) in [5.74, 6) is 1.43. The van der Waals surface area contributed by atoms with Crippen molar-refractivity contribution in [2.45, 2.75) is 39.0 Å². The maximum absolute atomic E-state index is 12.8. The molecule has 1 aliphatic carbocycles. The molecule has 2 amide bonds. The van der Waals surface area contributed by atoms with Gasteiger partial charge in [-0.2, -0.15) is 0 Å². The van der Waals surface area contributed by atoms with Gasteiger partial charge in [-0.3, -0.25) is 9.59 Å². The number of rotatable bonds is 4. The molecule has 5 heteroatoms. The van der Waals surface area contributed by atoms with E-state index in [1.807, 2.05) is 9.80 Å². The quantitative estimate of drug-likeness (QED) is 0.791. The van der Waals surface area contributed by atoms with Crippen molar-refractivity contribution < 1.29 is 14.3 Å². The Hall–Kier alpha value is -1.10.